The van der Waals surface area contributed by atoms with E-state index in [1.165, 1.54) is 5.56 Å². The van der Waals surface area contributed by atoms with Gasteiger partial charge in [-0.3, -0.25) is 14.5 Å². The summed E-state index contributed by atoms with van der Waals surface area (Å²) in [6.45, 7) is 5.31. The summed E-state index contributed by atoms with van der Waals surface area (Å²) >= 11 is 0. The van der Waals surface area contributed by atoms with Gasteiger partial charge in [0.05, 0.1) is 19.8 Å². The molecule has 0 bridgehead atoms. The first-order valence-electron chi connectivity index (χ1n) is 12.8. The van der Waals surface area contributed by atoms with Gasteiger partial charge in [-0.05, 0) is 41.8 Å². The van der Waals surface area contributed by atoms with Crippen LogP contribution in [0.1, 0.15) is 34.5 Å². The summed E-state index contributed by atoms with van der Waals surface area (Å²) in [7, 11) is 0. The number of Topliss-reactive ketones (excluding diaryl/α,β-unsaturated/α-hetero) is 1. The third kappa shape index (κ3) is 5.74. The topological polar surface area (TPSA) is 86.5 Å². The van der Waals surface area contributed by atoms with Crippen molar-refractivity contribution in [1.82, 2.24) is 9.88 Å². The number of para-hydroxylation sites is 1. The summed E-state index contributed by atoms with van der Waals surface area (Å²) in [5.41, 5.74) is 5.26. The Morgan fingerprint density at radius 1 is 0.946 bits per heavy atom. The number of hydrogen-bond acceptors (Lipinski definition) is 5. The van der Waals surface area contributed by atoms with Crippen molar-refractivity contribution in [2.45, 2.75) is 19.4 Å². The van der Waals surface area contributed by atoms with Crippen molar-refractivity contribution in [3.8, 4) is 0 Å². The van der Waals surface area contributed by atoms with Gasteiger partial charge in [-0.2, -0.15) is 0 Å². The van der Waals surface area contributed by atoms with Gasteiger partial charge in [0.2, 0.25) is 5.91 Å². The summed E-state index contributed by atoms with van der Waals surface area (Å²) in [4.78, 5) is 31.7. The molecule has 0 radical (unpaired) electrons. The second kappa shape index (κ2) is 11.4. The van der Waals surface area contributed by atoms with E-state index in [4.69, 9.17) is 4.74 Å². The molecule has 1 amide bonds. The fourth-order valence-corrected chi connectivity index (χ4v) is 4.80. The van der Waals surface area contributed by atoms with Crippen LogP contribution in [0.5, 0.6) is 0 Å². The molecule has 1 aliphatic rings. The van der Waals surface area contributed by atoms with Gasteiger partial charge in [0.1, 0.15) is 6.04 Å². The van der Waals surface area contributed by atoms with Gasteiger partial charge >= 0.3 is 0 Å². The molecule has 2 heterocycles. The molecule has 1 unspecified atom stereocenters. The molecule has 0 saturated carbocycles. The summed E-state index contributed by atoms with van der Waals surface area (Å²) < 4.78 is 5.34. The van der Waals surface area contributed by atoms with Crippen LogP contribution in [0.2, 0.25) is 0 Å². The van der Waals surface area contributed by atoms with E-state index in [0.717, 1.165) is 47.4 Å². The Hall–Kier alpha value is -3.94. The quantitative estimate of drug-likeness (QED) is 0.283. The highest BCUT2D eigenvalue weighted by Gasteiger charge is 2.25. The van der Waals surface area contributed by atoms with Crippen LogP contribution in [0.25, 0.3) is 10.9 Å². The predicted molar refractivity (Wildman–Crippen MR) is 147 cm³/mol. The summed E-state index contributed by atoms with van der Waals surface area (Å²) in [5.74, 6) is -0.0562. The number of amides is 1. The minimum atomic E-state index is -0.563. The highest BCUT2D eigenvalue weighted by Crippen LogP contribution is 2.29. The highest BCUT2D eigenvalue weighted by molar-refractivity contribution is 6.12. The number of nitrogens with zero attached hydrogens (tertiary/aromatic N) is 1. The van der Waals surface area contributed by atoms with E-state index in [1.54, 1.807) is 0 Å². The third-order valence-corrected chi connectivity index (χ3v) is 6.79. The fourth-order valence-electron chi connectivity index (χ4n) is 4.80. The maximum absolute atomic E-state index is 13.9. The van der Waals surface area contributed by atoms with Gasteiger partial charge in [0.15, 0.2) is 5.78 Å². The molecule has 1 atom stereocenters. The maximum Gasteiger partial charge on any atom is 0.238 e. The third-order valence-electron chi connectivity index (χ3n) is 6.79. The molecule has 190 valence electrons. The largest absolute Gasteiger partial charge is 0.379 e. The van der Waals surface area contributed by atoms with Crippen molar-refractivity contribution in [2.24, 2.45) is 0 Å². The van der Waals surface area contributed by atoms with Gasteiger partial charge < -0.3 is 20.4 Å². The van der Waals surface area contributed by atoms with Crippen molar-refractivity contribution in [1.29, 1.82) is 0 Å². The van der Waals surface area contributed by atoms with Crippen LogP contribution >= 0.6 is 0 Å². The molecule has 3 N–H and O–H groups in total. The Balaban J connectivity index is 1.33. The van der Waals surface area contributed by atoms with E-state index < -0.39 is 6.04 Å². The number of nitrogens with one attached hydrogen (secondary N) is 3. The van der Waals surface area contributed by atoms with E-state index in [9.17, 15) is 9.59 Å². The number of carbonyl (C=O) groups is 2. The Bertz CT molecular complexity index is 1360. The molecular formula is C30H32N4O3. The standard InChI is InChI=1S/C30H32N4O3/c1-2-21-9-6-10-25-26(19-31-28(21)25)30(36)29(22-7-4-3-5-8-22)33-24-13-11-23(12-14-24)32-27(35)20-34-15-17-37-18-16-34/h3-14,19,29,31,33H,2,15-18,20H2,1H3,(H,32,35). The summed E-state index contributed by atoms with van der Waals surface area (Å²) in [6.07, 6.45) is 2.71. The number of carbonyl (C=O) groups excluding carboxylic acids is 2. The first-order chi connectivity index (χ1) is 18.1. The van der Waals surface area contributed by atoms with Gasteiger partial charge in [0, 0.05) is 47.1 Å². The number of anilines is 2. The average molecular weight is 497 g/mol. The van der Waals surface area contributed by atoms with Gasteiger partial charge in [-0.25, -0.2) is 0 Å². The molecule has 5 rings (SSSR count). The lowest BCUT2D eigenvalue weighted by atomic mass is 9.96. The first-order valence-corrected chi connectivity index (χ1v) is 12.8. The number of aryl methyl sites for hydroxylation is 1. The number of fused-ring (bicyclic) bond motifs is 1. The monoisotopic (exact) mass is 496 g/mol. The molecule has 7 nitrogen and oxygen atoms in total. The molecule has 37 heavy (non-hydrogen) atoms. The van der Waals surface area contributed by atoms with Crippen LogP contribution in [-0.4, -0.2) is 54.4 Å². The molecule has 1 saturated heterocycles. The minimum Gasteiger partial charge on any atom is -0.379 e. The van der Waals surface area contributed by atoms with E-state index in [-0.39, 0.29) is 11.7 Å². The SMILES string of the molecule is CCc1cccc2c(C(=O)C(Nc3ccc(NC(=O)CN4CCOCC4)cc3)c3ccccc3)c[nH]c12. The second-order valence-corrected chi connectivity index (χ2v) is 9.26. The van der Waals surface area contributed by atoms with Crippen molar-refractivity contribution < 1.29 is 14.3 Å². The zero-order chi connectivity index (χ0) is 25.6. The Labute approximate surface area is 216 Å². The molecule has 1 aliphatic heterocycles. The number of hydrogen-bond donors (Lipinski definition) is 3. The van der Waals surface area contributed by atoms with E-state index in [0.29, 0.717) is 25.3 Å². The van der Waals surface area contributed by atoms with Crippen LogP contribution < -0.4 is 10.6 Å². The van der Waals surface area contributed by atoms with Crippen molar-refractivity contribution in [2.75, 3.05) is 43.5 Å². The molecule has 7 heteroatoms. The molecule has 3 aromatic carbocycles. The van der Waals surface area contributed by atoms with Crippen molar-refractivity contribution in [3.63, 3.8) is 0 Å². The molecule has 1 aromatic heterocycles. The number of benzene rings is 3. The van der Waals surface area contributed by atoms with E-state index >= 15 is 0 Å². The van der Waals surface area contributed by atoms with Gasteiger partial charge in [-0.1, -0.05) is 55.5 Å². The molecule has 0 spiro atoms. The fraction of sp³-hybridized carbons (Fsp3) is 0.267. The highest BCUT2D eigenvalue weighted by atomic mass is 16.5. The van der Waals surface area contributed by atoms with Crippen LogP contribution in [0.3, 0.4) is 0 Å². The van der Waals surface area contributed by atoms with Crippen LogP contribution in [0.15, 0.2) is 79.0 Å². The molecule has 1 fully saturated rings. The Morgan fingerprint density at radius 2 is 1.68 bits per heavy atom. The molecular weight excluding hydrogens is 464 g/mol. The number of rotatable bonds is 9. The Morgan fingerprint density at radius 3 is 2.41 bits per heavy atom. The number of aromatic amines is 1. The van der Waals surface area contributed by atoms with E-state index in [1.807, 2.05) is 72.9 Å². The summed E-state index contributed by atoms with van der Waals surface area (Å²) in [5, 5.41) is 7.32. The Kier molecular flexibility index (Phi) is 7.63. The predicted octanol–water partition coefficient (Wildman–Crippen LogP) is 5.04. The number of ether oxygens (including phenoxy) is 1. The lowest BCUT2D eigenvalue weighted by molar-refractivity contribution is -0.118. The zero-order valence-corrected chi connectivity index (χ0v) is 21.0. The normalized spacial score (nSPS) is 14.8. The number of morpholine rings is 1. The van der Waals surface area contributed by atoms with E-state index in [2.05, 4.69) is 33.5 Å². The summed E-state index contributed by atoms with van der Waals surface area (Å²) in [6, 6.07) is 22.7. The lowest BCUT2D eigenvalue weighted by Gasteiger charge is -2.25. The number of H-pyrrole nitrogens is 1. The average Bonchev–Trinajstić information content (AvgIpc) is 3.38. The van der Waals surface area contributed by atoms with Crippen molar-refractivity contribution >= 4 is 34.0 Å². The van der Waals surface area contributed by atoms with Gasteiger partial charge in [0.25, 0.3) is 0 Å². The van der Waals surface area contributed by atoms with Crippen LogP contribution in [-0.2, 0) is 16.0 Å². The number of aromatic nitrogens is 1. The lowest BCUT2D eigenvalue weighted by Crippen LogP contribution is -2.41. The maximum atomic E-state index is 13.9. The number of ketones is 1. The van der Waals surface area contributed by atoms with Crippen LogP contribution in [0, 0.1) is 0 Å². The first kappa shape index (κ1) is 24.7. The minimum absolute atomic E-state index is 0.00593. The zero-order valence-electron chi connectivity index (χ0n) is 21.0. The smallest absolute Gasteiger partial charge is 0.238 e. The second-order valence-electron chi connectivity index (χ2n) is 9.26. The molecule has 4 aromatic rings. The molecule has 0 aliphatic carbocycles. The van der Waals surface area contributed by atoms with Gasteiger partial charge in [-0.15, -0.1) is 0 Å². The van der Waals surface area contributed by atoms with Crippen molar-refractivity contribution in [3.05, 3.63) is 95.7 Å². The van der Waals surface area contributed by atoms with Crippen LogP contribution in [0.4, 0.5) is 11.4 Å².